The Bertz CT molecular complexity index is 1550. The average Bonchev–Trinajstić information content (AvgIpc) is 3.18. The SMILES string of the molecule is CC(C)Oc1cccc(-c2ccc3c(-c4ccccc4)c(C(=O)O)n(Cc4cccc(Cl)c4)c3c2)c1. The normalized spacial score (nSPS) is 11.2. The van der Waals surface area contributed by atoms with Crippen LogP contribution in [0.25, 0.3) is 33.2 Å². The molecule has 1 aromatic heterocycles. The summed E-state index contributed by atoms with van der Waals surface area (Å²) in [6, 6.07) is 31.3. The smallest absolute Gasteiger partial charge is 0.353 e. The van der Waals surface area contributed by atoms with Gasteiger partial charge in [-0.3, -0.25) is 0 Å². The standard InChI is InChI=1S/C31H26ClNO3/c1-20(2)36-26-13-7-11-23(17-26)24-14-15-27-28(18-24)33(19-21-8-6-12-25(32)16-21)30(31(34)35)29(27)22-9-4-3-5-10-22/h3-18,20H,19H2,1-2H3,(H,34,35). The molecule has 4 aromatic carbocycles. The number of nitrogens with zero attached hydrogens (tertiary/aromatic N) is 1. The molecule has 5 rings (SSSR count). The van der Waals surface area contributed by atoms with Crippen LogP contribution in [0, 0.1) is 0 Å². The monoisotopic (exact) mass is 495 g/mol. The van der Waals surface area contributed by atoms with Gasteiger partial charge in [0.1, 0.15) is 11.4 Å². The number of hydrogen-bond acceptors (Lipinski definition) is 2. The van der Waals surface area contributed by atoms with Gasteiger partial charge in [0.05, 0.1) is 11.6 Å². The van der Waals surface area contributed by atoms with E-state index < -0.39 is 5.97 Å². The van der Waals surface area contributed by atoms with Crippen LogP contribution >= 0.6 is 11.6 Å². The molecular formula is C31H26ClNO3. The molecular weight excluding hydrogens is 470 g/mol. The lowest BCUT2D eigenvalue weighted by molar-refractivity contribution is 0.0687. The van der Waals surface area contributed by atoms with E-state index in [1.54, 1.807) is 0 Å². The van der Waals surface area contributed by atoms with Crippen molar-refractivity contribution in [2.45, 2.75) is 26.5 Å². The number of carboxylic acids is 1. The van der Waals surface area contributed by atoms with Gasteiger partial charge in [0.25, 0.3) is 0 Å². The van der Waals surface area contributed by atoms with Gasteiger partial charge in [-0.25, -0.2) is 4.79 Å². The molecule has 180 valence electrons. The second-order valence-electron chi connectivity index (χ2n) is 9.04. The van der Waals surface area contributed by atoms with E-state index in [9.17, 15) is 9.90 Å². The quantitative estimate of drug-likeness (QED) is 0.248. The molecule has 0 bridgehead atoms. The zero-order chi connectivity index (χ0) is 25.2. The number of ether oxygens (including phenoxy) is 1. The molecule has 5 aromatic rings. The minimum Gasteiger partial charge on any atom is -0.491 e. The van der Waals surface area contributed by atoms with Crippen LogP contribution in [0.4, 0.5) is 0 Å². The van der Waals surface area contributed by atoms with Gasteiger partial charge in [0, 0.05) is 22.5 Å². The molecule has 0 radical (unpaired) electrons. The van der Waals surface area contributed by atoms with Crippen molar-refractivity contribution in [3.63, 3.8) is 0 Å². The Kier molecular flexibility index (Phi) is 6.53. The zero-order valence-corrected chi connectivity index (χ0v) is 20.9. The predicted octanol–water partition coefficient (Wildman–Crippen LogP) is 8.16. The Hall–Kier alpha value is -4.02. The number of hydrogen-bond donors (Lipinski definition) is 1. The van der Waals surface area contributed by atoms with Gasteiger partial charge in [-0.1, -0.05) is 78.3 Å². The lowest BCUT2D eigenvalue weighted by Crippen LogP contribution is -2.10. The third kappa shape index (κ3) is 4.73. The van der Waals surface area contributed by atoms with Gasteiger partial charge in [-0.2, -0.15) is 0 Å². The summed E-state index contributed by atoms with van der Waals surface area (Å²) in [5.41, 5.74) is 5.60. The van der Waals surface area contributed by atoms with Crippen LogP contribution in [0.5, 0.6) is 5.75 Å². The summed E-state index contributed by atoms with van der Waals surface area (Å²) in [6.45, 7) is 4.38. The summed E-state index contributed by atoms with van der Waals surface area (Å²) in [5.74, 6) is -0.172. The fraction of sp³-hybridized carbons (Fsp3) is 0.129. The molecule has 1 heterocycles. The van der Waals surface area contributed by atoms with Crippen molar-refractivity contribution in [2.24, 2.45) is 0 Å². The van der Waals surface area contributed by atoms with Gasteiger partial charge in [0.2, 0.25) is 0 Å². The Morgan fingerprint density at radius 2 is 1.58 bits per heavy atom. The Morgan fingerprint density at radius 1 is 0.861 bits per heavy atom. The highest BCUT2D eigenvalue weighted by molar-refractivity contribution is 6.30. The lowest BCUT2D eigenvalue weighted by Gasteiger charge is -2.12. The third-order valence-corrected chi connectivity index (χ3v) is 6.33. The first-order valence-electron chi connectivity index (χ1n) is 11.9. The van der Waals surface area contributed by atoms with Gasteiger partial charge in [-0.05, 0) is 66.4 Å². The second kappa shape index (κ2) is 9.92. The van der Waals surface area contributed by atoms with Gasteiger partial charge >= 0.3 is 5.97 Å². The van der Waals surface area contributed by atoms with E-state index in [0.29, 0.717) is 17.1 Å². The van der Waals surface area contributed by atoms with Crippen LogP contribution in [0.3, 0.4) is 0 Å². The predicted molar refractivity (Wildman–Crippen MR) is 146 cm³/mol. The molecule has 0 saturated carbocycles. The van der Waals surface area contributed by atoms with Crippen molar-refractivity contribution >= 4 is 28.5 Å². The maximum absolute atomic E-state index is 12.7. The molecule has 0 aliphatic heterocycles. The van der Waals surface area contributed by atoms with E-state index >= 15 is 0 Å². The zero-order valence-electron chi connectivity index (χ0n) is 20.1. The summed E-state index contributed by atoms with van der Waals surface area (Å²) in [7, 11) is 0. The van der Waals surface area contributed by atoms with Crippen molar-refractivity contribution in [1.82, 2.24) is 4.57 Å². The van der Waals surface area contributed by atoms with E-state index in [1.165, 1.54) is 0 Å². The van der Waals surface area contributed by atoms with Gasteiger partial charge in [-0.15, -0.1) is 0 Å². The van der Waals surface area contributed by atoms with Crippen molar-refractivity contribution in [3.05, 3.63) is 113 Å². The van der Waals surface area contributed by atoms with Crippen LogP contribution in [0.1, 0.15) is 29.9 Å². The molecule has 4 nitrogen and oxygen atoms in total. The molecule has 0 fully saturated rings. The molecule has 0 aliphatic carbocycles. The number of halogens is 1. The summed E-state index contributed by atoms with van der Waals surface area (Å²) >= 11 is 6.25. The first-order valence-corrected chi connectivity index (χ1v) is 12.2. The maximum Gasteiger partial charge on any atom is 0.353 e. The highest BCUT2D eigenvalue weighted by Crippen LogP contribution is 2.38. The van der Waals surface area contributed by atoms with Crippen molar-refractivity contribution in [2.75, 3.05) is 0 Å². The van der Waals surface area contributed by atoms with Crippen LogP contribution in [0.2, 0.25) is 5.02 Å². The number of carboxylic acid groups (broad SMARTS) is 1. The van der Waals surface area contributed by atoms with Gasteiger partial charge < -0.3 is 14.4 Å². The second-order valence-corrected chi connectivity index (χ2v) is 9.47. The van der Waals surface area contributed by atoms with Crippen LogP contribution in [-0.2, 0) is 6.54 Å². The molecule has 0 unspecified atom stereocenters. The van der Waals surface area contributed by atoms with E-state index in [4.69, 9.17) is 16.3 Å². The van der Waals surface area contributed by atoms with E-state index in [2.05, 4.69) is 6.07 Å². The number of benzene rings is 4. The maximum atomic E-state index is 12.7. The van der Waals surface area contributed by atoms with Crippen molar-refractivity contribution < 1.29 is 14.6 Å². The van der Waals surface area contributed by atoms with Crippen LogP contribution in [0.15, 0.2) is 97.1 Å². The van der Waals surface area contributed by atoms with Crippen LogP contribution in [-0.4, -0.2) is 21.7 Å². The largest absolute Gasteiger partial charge is 0.491 e. The number of aromatic nitrogens is 1. The fourth-order valence-electron chi connectivity index (χ4n) is 4.65. The highest BCUT2D eigenvalue weighted by Gasteiger charge is 2.24. The Morgan fingerprint density at radius 3 is 2.31 bits per heavy atom. The average molecular weight is 496 g/mol. The molecule has 0 amide bonds. The fourth-order valence-corrected chi connectivity index (χ4v) is 4.86. The minimum absolute atomic E-state index is 0.0733. The van der Waals surface area contributed by atoms with E-state index in [1.807, 2.05) is 109 Å². The van der Waals surface area contributed by atoms with Crippen molar-refractivity contribution in [1.29, 1.82) is 0 Å². The van der Waals surface area contributed by atoms with Gasteiger partial charge in [0.15, 0.2) is 0 Å². The Balaban J connectivity index is 1.75. The molecule has 0 saturated heterocycles. The summed E-state index contributed by atoms with van der Waals surface area (Å²) in [6.07, 6.45) is 0.0733. The molecule has 0 atom stereocenters. The number of carbonyl (C=O) groups is 1. The topological polar surface area (TPSA) is 51.5 Å². The molecule has 5 heteroatoms. The number of fused-ring (bicyclic) bond motifs is 1. The summed E-state index contributed by atoms with van der Waals surface area (Å²) in [4.78, 5) is 12.7. The van der Waals surface area contributed by atoms with Crippen molar-refractivity contribution in [3.8, 4) is 28.0 Å². The first kappa shape index (κ1) is 23.7. The summed E-state index contributed by atoms with van der Waals surface area (Å²) in [5, 5.41) is 11.9. The van der Waals surface area contributed by atoms with E-state index in [-0.39, 0.29) is 11.8 Å². The third-order valence-electron chi connectivity index (χ3n) is 6.10. The van der Waals surface area contributed by atoms with Crippen LogP contribution < -0.4 is 4.74 Å². The molecule has 36 heavy (non-hydrogen) atoms. The molecule has 1 N–H and O–H groups in total. The number of aromatic carboxylic acids is 1. The Labute approximate surface area is 215 Å². The van der Waals surface area contributed by atoms with E-state index in [0.717, 1.165) is 38.9 Å². The summed E-state index contributed by atoms with van der Waals surface area (Å²) < 4.78 is 7.77. The molecule has 0 spiro atoms. The highest BCUT2D eigenvalue weighted by atomic mass is 35.5. The molecule has 0 aliphatic rings. The minimum atomic E-state index is -0.971. The first-order chi connectivity index (χ1) is 17.4. The lowest BCUT2D eigenvalue weighted by atomic mass is 9.99. The number of rotatable bonds is 7.